The molecule has 4 heteroatoms. The summed E-state index contributed by atoms with van der Waals surface area (Å²) in [4.78, 5) is 2.51. The Labute approximate surface area is 105 Å². The van der Waals surface area contributed by atoms with E-state index in [0.29, 0.717) is 13.2 Å². The van der Waals surface area contributed by atoms with Gasteiger partial charge in [-0.15, -0.1) is 0 Å². The number of hydrogen-bond donors (Lipinski definition) is 2. The summed E-state index contributed by atoms with van der Waals surface area (Å²) in [5, 5.41) is 12.9. The van der Waals surface area contributed by atoms with E-state index in [-0.39, 0.29) is 12.2 Å². The Balaban J connectivity index is 1.85. The zero-order chi connectivity index (χ0) is 12.5. The van der Waals surface area contributed by atoms with Crippen LogP contribution in [0.5, 0.6) is 0 Å². The molecule has 1 heterocycles. The van der Waals surface area contributed by atoms with Gasteiger partial charge in [-0.25, -0.2) is 0 Å². The first kappa shape index (κ1) is 14.9. The fourth-order valence-electron chi connectivity index (χ4n) is 2.07. The third-order valence-electron chi connectivity index (χ3n) is 3.03. The predicted octanol–water partition coefficient (Wildman–Crippen LogP) is 0.848. The summed E-state index contributed by atoms with van der Waals surface area (Å²) in [6.07, 6.45) is 3.69. The fraction of sp³-hybridized carbons (Fsp3) is 1.00. The van der Waals surface area contributed by atoms with E-state index in [1.54, 1.807) is 0 Å². The van der Waals surface area contributed by atoms with E-state index >= 15 is 0 Å². The fourth-order valence-corrected chi connectivity index (χ4v) is 2.07. The first-order valence-electron chi connectivity index (χ1n) is 6.91. The second-order valence-corrected chi connectivity index (χ2v) is 5.14. The molecule has 1 saturated heterocycles. The van der Waals surface area contributed by atoms with Crippen LogP contribution >= 0.6 is 0 Å². The SMILES string of the molecule is CC(C)OCC(O)CNCCCN1CCCC1. The lowest BCUT2D eigenvalue weighted by Gasteiger charge is -2.16. The van der Waals surface area contributed by atoms with Gasteiger partial charge in [0.15, 0.2) is 0 Å². The number of nitrogens with one attached hydrogen (secondary N) is 1. The van der Waals surface area contributed by atoms with Gasteiger partial charge < -0.3 is 20.1 Å². The zero-order valence-corrected chi connectivity index (χ0v) is 11.3. The molecule has 0 aromatic carbocycles. The standard InChI is InChI=1S/C13H28N2O2/c1-12(2)17-11-13(16)10-14-6-5-9-15-7-3-4-8-15/h12-14,16H,3-11H2,1-2H3. The van der Waals surface area contributed by atoms with Gasteiger partial charge in [0, 0.05) is 6.54 Å². The summed E-state index contributed by atoms with van der Waals surface area (Å²) >= 11 is 0. The van der Waals surface area contributed by atoms with E-state index in [1.807, 2.05) is 13.8 Å². The molecule has 0 saturated carbocycles. The molecule has 1 aliphatic heterocycles. The van der Waals surface area contributed by atoms with Crippen molar-refractivity contribution in [3.05, 3.63) is 0 Å². The number of nitrogens with zero attached hydrogens (tertiary/aromatic N) is 1. The summed E-state index contributed by atoms with van der Waals surface area (Å²) in [6.45, 7) is 9.73. The average Bonchev–Trinajstić information content (AvgIpc) is 2.79. The van der Waals surface area contributed by atoms with Crippen LogP contribution < -0.4 is 5.32 Å². The molecule has 1 fully saturated rings. The van der Waals surface area contributed by atoms with E-state index in [2.05, 4.69) is 10.2 Å². The van der Waals surface area contributed by atoms with Gasteiger partial charge in [0.1, 0.15) is 0 Å². The van der Waals surface area contributed by atoms with Crippen molar-refractivity contribution in [3.63, 3.8) is 0 Å². The molecular formula is C13H28N2O2. The van der Waals surface area contributed by atoms with Crippen molar-refractivity contribution >= 4 is 0 Å². The Hall–Kier alpha value is -0.160. The van der Waals surface area contributed by atoms with Crippen molar-refractivity contribution in [2.75, 3.05) is 39.3 Å². The quantitative estimate of drug-likeness (QED) is 0.590. The number of likely N-dealkylation sites (tertiary alicyclic amines) is 1. The molecule has 2 N–H and O–H groups in total. The summed E-state index contributed by atoms with van der Waals surface area (Å²) in [7, 11) is 0. The van der Waals surface area contributed by atoms with Crippen LogP contribution in [0, 0.1) is 0 Å². The second-order valence-electron chi connectivity index (χ2n) is 5.14. The molecule has 0 spiro atoms. The molecule has 1 aliphatic rings. The molecule has 1 rings (SSSR count). The van der Waals surface area contributed by atoms with E-state index in [9.17, 15) is 5.11 Å². The van der Waals surface area contributed by atoms with Crippen LogP contribution in [0.15, 0.2) is 0 Å². The maximum atomic E-state index is 9.61. The van der Waals surface area contributed by atoms with Gasteiger partial charge in [-0.05, 0) is 59.3 Å². The Bertz CT molecular complexity index is 182. The largest absolute Gasteiger partial charge is 0.389 e. The first-order chi connectivity index (χ1) is 8.18. The second kappa shape index (κ2) is 8.86. The number of rotatable bonds is 9. The lowest BCUT2D eigenvalue weighted by atomic mass is 10.3. The summed E-state index contributed by atoms with van der Waals surface area (Å²) in [5.74, 6) is 0. The van der Waals surface area contributed by atoms with Crippen LogP contribution in [0.1, 0.15) is 33.1 Å². The van der Waals surface area contributed by atoms with Crippen LogP contribution in [0.25, 0.3) is 0 Å². The minimum absolute atomic E-state index is 0.194. The minimum Gasteiger partial charge on any atom is -0.389 e. The Kier molecular flexibility index (Phi) is 7.77. The molecule has 0 aromatic heterocycles. The van der Waals surface area contributed by atoms with Crippen molar-refractivity contribution in [2.45, 2.75) is 45.3 Å². The monoisotopic (exact) mass is 244 g/mol. The van der Waals surface area contributed by atoms with Gasteiger partial charge >= 0.3 is 0 Å². The van der Waals surface area contributed by atoms with Crippen LogP contribution in [0.3, 0.4) is 0 Å². The summed E-state index contributed by atoms with van der Waals surface area (Å²) in [5.41, 5.74) is 0. The maximum Gasteiger partial charge on any atom is 0.0897 e. The van der Waals surface area contributed by atoms with Gasteiger partial charge in [-0.3, -0.25) is 0 Å². The topological polar surface area (TPSA) is 44.7 Å². The van der Waals surface area contributed by atoms with Crippen molar-refractivity contribution in [2.24, 2.45) is 0 Å². The first-order valence-corrected chi connectivity index (χ1v) is 6.91. The molecule has 17 heavy (non-hydrogen) atoms. The highest BCUT2D eigenvalue weighted by Crippen LogP contribution is 2.06. The van der Waals surface area contributed by atoms with Crippen molar-refractivity contribution in [1.29, 1.82) is 0 Å². The predicted molar refractivity (Wildman–Crippen MR) is 70.3 cm³/mol. The average molecular weight is 244 g/mol. The molecule has 1 unspecified atom stereocenters. The van der Waals surface area contributed by atoms with E-state index < -0.39 is 0 Å². The Morgan fingerprint density at radius 1 is 1.29 bits per heavy atom. The number of aliphatic hydroxyl groups is 1. The minimum atomic E-state index is -0.385. The van der Waals surface area contributed by atoms with Gasteiger partial charge in [-0.1, -0.05) is 0 Å². The Morgan fingerprint density at radius 3 is 2.65 bits per heavy atom. The highest BCUT2D eigenvalue weighted by Gasteiger charge is 2.10. The third-order valence-corrected chi connectivity index (χ3v) is 3.03. The van der Waals surface area contributed by atoms with Gasteiger partial charge in [0.25, 0.3) is 0 Å². The van der Waals surface area contributed by atoms with Crippen molar-refractivity contribution < 1.29 is 9.84 Å². The third kappa shape index (κ3) is 7.71. The maximum absolute atomic E-state index is 9.61. The van der Waals surface area contributed by atoms with Crippen LogP contribution in [-0.4, -0.2) is 61.5 Å². The number of hydrogen-bond acceptors (Lipinski definition) is 4. The lowest BCUT2D eigenvalue weighted by Crippen LogP contribution is -2.33. The highest BCUT2D eigenvalue weighted by atomic mass is 16.5. The number of ether oxygens (including phenoxy) is 1. The molecule has 0 bridgehead atoms. The molecular weight excluding hydrogens is 216 g/mol. The summed E-state index contributed by atoms with van der Waals surface area (Å²) < 4.78 is 5.34. The Morgan fingerprint density at radius 2 is 2.00 bits per heavy atom. The van der Waals surface area contributed by atoms with Crippen LogP contribution in [-0.2, 0) is 4.74 Å². The highest BCUT2D eigenvalue weighted by molar-refractivity contribution is 4.66. The molecule has 102 valence electrons. The van der Waals surface area contributed by atoms with Crippen molar-refractivity contribution in [1.82, 2.24) is 10.2 Å². The zero-order valence-electron chi connectivity index (χ0n) is 11.3. The van der Waals surface area contributed by atoms with E-state index in [0.717, 1.165) is 13.0 Å². The number of aliphatic hydroxyl groups excluding tert-OH is 1. The van der Waals surface area contributed by atoms with Gasteiger partial charge in [0.2, 0.25) is 0 Å². The van der Waals surface area contributed by atoms with Crippen molar-refractivity contribution in [3.8, 4) is 0 Å². The smallest absolute Gasteiger partial charge is 0.0897 e. The van der Waals surface area contributed by atoms with Crippen LogP contribution in [0.2, 0.25) is 0 Å². The summed E-state index contributed by atoms with van der Waals surface area (Å²) in [6, 6.07) is 0. The molecule has 0 aromatic rings. The lowest BCUT2D eigenvalue weighted by molar-refractivity contribution is 0.00643. The van der Waals surface area contributed by atoms with Crippen LogP contribution in [0.4, 0.5) is 0 Å². The van der Waals surface area contributed by atoms with Gasteiger partial charge in [-0.2, -0.15) is 0 Å². The van der Waals surface area contributed by atoms with E-state index in [1.165, 1.54) is 32.5 Å². The molecule has 0 amide bonds. The van der Waals surface area contributed by atoms with Gasteiger partial charge in [0.05, 0.1) is 18.8 Å². The molecule has 0 aliphatic carbocycles. The normalized spacial score (nSPS) is 19.1. The van der Waals surface area contributed by atoms with E-state index in [4.69, 9.17) is 4.74 Å². The molecule has 1 atom stereocenters. The molecule has 0 radical (unpaired) electrons. The molecule has 4 nitrogen and oxygen atoms in total.